The topological polar surface area (TPSA) is 0 Å². The zero-order valence-corrected chi connectivity index (χ0v) is 11.1. The van der Waals surface area contributed by atoms with E-state index in [2.05, 4.69) is 37.8 Å². The van der Waals surface area contributed by atoms with Gasteiger partial charge in [-0.25, -0.2) is 4.39 Å². The molecule has 0 spiro atoms. The molecule has 0 amide bonds. The highest BCUT2D eigenvalue weighted by Gasteiger charge is 1.98. The Hall–Kier alpha value is -2.15. The Kier molecular flexibility index (Phi) is 4.30. The van der Waals surface area contributed by atoms with Crippen molar-refractivity contribution in [1.82, 2.24) is 0 Å². The van der Waals surface area contributed by atoms with Gasteiger partial charge in [0.2, 0.25) is 0 Å². The molecule has 2 aromatic rings. The van der Waals surface area contributed by atoms with Crippen LogP contribution in [0, 0.1) is 5.82 Å². The fourth-order valence-corrected chi connectivity index (χ4v) is 1.87. The molecule has 0 N–H and O–H groups in total. The van der Waals surface area contributed by atoms with Crippen LogP contribution in [0.5, 0.6) is 0 Å². The molecule has 0 heterocycles. The third kappa shape index (κ3) is 3.41. The largest absolute Gasteiger partial charge is 0.206 e. The second kappa shape index (κ2) is 6.14. The molecule has 2 rings (SSSR count). The van der Waals surface area contributed by atoms with E-state index in [1.165, 1.54) is 17.7 Å². The summed E-state index contributed by atoms with van der Waals surface area (Å²) in [7, 11) is 0. The molecule has 19 heavy (non-hydrogen) atoms. The summed E-state index contributed by atoms with van der Waals surface area (Å²) in [5.74, 6) is -0.238. The molecule has 1 heteroatoms. The van der Waals surface area contributed by atoms with Crippen LogP contribution >= 0.6 is 0 Å². The van der Waals surface area contributed by atoms with Gasteiger partial charge in [0, 0.05) is 5.56 Å². The Morgan fingerprint density at radius 3 is 2.21 bits per heavy atom. The third-order valence-electron chi connectivity index (χ3n) is 3.10. The van der Waals surface area contributed by atoms with E-state index in [0.717, 1.165) is 17.5 Å². The molecule has 96 valence electrons. The molecule has 0 bridgehead atoms. The first-order chi connectivity index (χ1) is 9.22. The molecule has 0 nitrogen and oxygen atoms in total. The summed E-state index contributed by atoms with van der Waals surface area (Å²) < 4.78 is 13.6. The summed E-state index contributed by atoms with van der Waals surface area (Å²) in [5, 5.41) is 0. The molecule has 0 unspecified atom stereocenters. The highest BCUT2D eigenvalue weighted by molar-refractivity contribution is 5.70. The van der Waals surface area contributed by atoms with Gasteiger partial charge in [0.05, 0.1) is 0 Å². The van der Waals surface area contributed by atoms with Crippen molar-refractivity contribution in [2.24, 2.45) is 0 Å². The van der Waals surface area contributed by atoms with E-state index in [9.17, 15) is 4.39 Å². The molecule has 0 fully saturated rings. The fourth-order valence-electron chi connectivity index (χ4n) is 1.87. The maximum Gasteiger partial charge on any atom is 0.130 e. The minimum atomic E-state index is -0.238. The summed E-state index contributed by atoms with van der Waals surface area (Å²) in [6, 6.07) is 13.5. The minimum Gasteiger partial charge on any atom is -0.206 e. The third-order valence-corrected chi connectivity index (χ3v) is 3.10. The first-order valence-electron chi connectivity index (χ1n) is 6.42. The van der Waals surface area contributed by atoms with Crippen molar-refractivity contribution in [2.75, 3.05) is 0 Å². The lowest BCUT2D eigenvalue weighted by atomic mass is 10.1. The fraction of sp³-hybridized carbons (Fsp3) is 0.111. The van der Waals surface area contributed by atoms with Crippen LogP contribution in [0.15, 0.2) is 49.0 Å². The van der Waals surface area contributed by atoms with Gasteiger partial charge in [-0.1, -0.05) is 68.1 Å². The van der Waals surface area contributed by atoms with Gasteiger partial charge in [-0.05, 0) is 29.2 Å². The van der Waals surface area contributed by atoms with Crippen LogP contribution in [-0.2, 0) is 6.42 Å². The lowest BCUT2D eigenvalue weighted by Gasteiger charge is -2.00. The number of halogens is 1. The van der Waals surface area contributed by atoms with Crippen LogP contribution in [0.2, 0.25) is 0 Å². The number of hydrogen-bond acceptors (Lipinski definition) is 0. The molecular formula is C18H17F. The molecule has 0 atom stereocenters. The van der Waals surface area contributed by atoms with Crippen molar-refractivity contribution in [1.29, 1.82) is 0 Å². The molecule has 0 aliphatic heterocycles. The molecule has 0 saturated heterocycles. The molecule has 0 aromatic heterocycles. The first kappa shape index (κ1) is 13.3. The normalized spacial score (nSPS) is 10.8. The predicted molar refractivity (Wildman–Crippen MR) is 81.2 cm³/mol. The van der Waals surface area contributed by atoms with Crippen molar-refractivity contribution in [3.05, 3.63) is 77.1 Å². The lowest BCUT2D eigenvalue weighted by Crippen LogP contribution is -1.83. The van der Waals surface area contributed by atoms with E-state index in [4.69, 9.17) is 0 Å². The Balaban J connectivity index is 2.17. The summed E-state index contributed by atoms with van der Waals surface area (Å²) >= 11 is 0. The summed E-state index contributed by atoms with van der Waals surface area (Å²) in [6.07, 6.45) is 6.46. The van der Waals surface area contributed by atoms with Crippen molar-refractivity contribution < 1.29 is 4.39 Å². The highest BCUT2D eigenvalue weighted by atomic mass is 19.1. The molecule has 0 aliphatic rings. The van der Waals surface area contributed by atoms with Crippen molar-refractivity contribution in [2.45, 2.75) is 13.3 Å². The van der Waals surface area contributed by atoms with Crippen molar-refractivity contribution in [3.8, 4) is 0 Å². The van der Waals surface area contributed by atoms with Gasteiger partial charge >= 0.3 is 0 Å². The number of benzene rings is 2. The van der Waals surface area contributed by atoms with Crippen LogP contribution in [0.25, 0.3) is 18.2 Å². The van der Waals surface area contributed by atoms with Gasteiger partial charge in [0.25, 0.3) is 0 Å². The van der Waals surface area contributed by atoms with Crippen molar-refractivity contribution in [3.63, 3.8) is 0 Å². The Morgan fingerprint density at radius 2 is 1.63 bits per heavy atom. The van der Waals surface area contributed by atoms with Gasteiger partial charge in [-0.3, -0.25) is 0 Å². The maximum atomic E-state index is 13.6. The van der Waals surface area contributed by atoms with Crippen LogP contribution < -0.4 is 0 Å². The molecule has 0 saturated carbocycles. The van der Waals surface area contributed by atoms with Gasteiger partial charge in [0.15, 0.2) is 0 Å². The van der Waals surface area contributed by atoms with Crippen LogP contribution in [0.3, 0.4) is 0 Å². The highest BCUT2D eigenvalue weighted by Crippen LogP contribution is 2.14. The molecule has 0 aliphatic carbocycles. The Labute approximate surface area is 113 Å². The zero-order valence-electron chi connectivity index (χ0n) is 11.1. The second-order valence-corrected chi connectivity index (χ2v) is 4.41. The van der Waals surface area contributed by atoms with Gasteiger partial charge < -0.3 is 0 Å². The minimum absolute atomic E-state index is 0.238. The number of rotatable bonds is 4. The lowest BCUT2D eigenvalue weighted by molar-refractivity contribution is 0.625. The maximum absolute atomic E-state index is 13.6. The molecular weight excluding hydrogens is 235 g/mol. The quantitative estimate of drug-likeness (QED) is 0.656. The van der Waals surface area contributed by atoms with Crippen molar-refractivity contribution >= 4 is 18.2 Å². The van der Waals surface area contributed by atoms with E-state index in [0.29, 0.717) is 5.56 Å². The van der Waals surface area contributed by atoms with Crippen LogP contribution in [0.1, 0.15) is 29.2 Å². The molecule has 0 radical (unpaired) electrons. The molecule has 2 aromatic carbocycles. The summed E-state index contributed by atoms with van der Waals surface area (Å²) in [6.45, 7) is 5.71. The van der Waals surface area contributed by atoms with E-state index in [1.807, 2.05) is 18.2 Å². The van der Waals surface area contributed by atoms with Gasteiger partial charge in [-0.2, -0.15) is 0 Å². The van der Waals surface area contributed by atoms with E-state index in [1.54, 1.807) is 6.07 Å². The van der Waals surface area contributed by atoms with E-state index in [-0.39, 0.29) is 5.82 Å². The smallest absolute Gasteiger partial charge is 0.130 e. The van der Waals surface area contributed by atoms with Crippen LogP contribution in [0.4, 0.5) is 4.39 Å². The summed E-state index contributed by atoms with van der Waals surface area (Å²) in [4.78, 5) is 0. The predicted octanol–water partition coefficient (Wildman–Crippen LogP) is 5.20. The standard InChI is InChI=1S/C18H17F/c1-3-14-5-7-15(8-6-14)9-10-16-11-12-17(4-2)18(19)13-16/h4-13H,2-3H2,1H3/b10-9+. The monoisotopic (exact) mass is 252 g/mol. The number of aryl methyl sites for hydroxylation is 1. The average Bonchev–Trinajstić information content (AvgIpc) is 2.46. The first-order valence-corrected chi connectivity index (χ1v) is 6.42. The van der Waals surface area contributed by atoms with Gasteiger partial charge in [-0.15, -0.1) is 0 Å². The van der Waals surface area contributed by atoms with E-state index < -0.39 is 0 Å². The average molecular weight is 252 g/mol. The Bertz CT molecular complexity index is 592. The Morgan fingerprint density at radius 1 is 1.00 bits per heavy atom. The SMILES string of the molecule is C=Cc1ccc(/C=C/c2ccc(CC)cc2)cc1F. The van der Waals surface area contributed by atoms with Gasteiger partial charge in [0.1, 0.15) is 5.82 Å². The number of hydrogen-bond donors (Lipinski definition) is 0. The van der Waals surface area contributed by atoms with Crippen LogP contribution in [-0.4, -0.2) is 0 Å². The summed E-state index contributed by atoms with van der Waals surface area (Å²) in [5.41, 5.74) is 3.82. The zero-order chi connectivity index (χ0) is 13.7. The van der Waals surface area contributed by atoms with E-state index >= 15 is 0 Å². The second-order valence-electron chi connectivity index (χ2n) is 4.41.